The fourth-order valence-electron chi connectivity index (χ4n) is 2.71. The van der Waals surface area contributed by atoms with Crippen molar-refractivity contribution in [3.8, 4) is 5.69 Å². The number of carbonyl (C=O) groups is 2. The molecule has 0 spiro atoms. The van der Waals surface area contributed by atoms with E-state index < -0.39 is 40.8 Å². The fraction of sp³-hybridized carbons (Fsp3) is 0.167. The third-order valence-electron chi connectivity index (χ3n) is 4.08. The van der Waals surface area contributed by atoms with Crippen molar-refractivity contribution in [3.63, 3.8) is 0 Å². The van der Waals surface area contributed by atoms with Crippen LogP contribution in [0.4, 0.5) is 23.7 Å². The van der Waals surface area contributed by atoms with Crippen molar-refractivity contribution >= 4 is 17.7 Å². The molecule has 3 rings (SSSR count). The third kappa shape index (κ3) is 3.66. The number of halogens is 3. The number of aromatic nitrogens is 4. The number of carboxylic acid groups (broad SMARTS) is 1. The Morgan fingerprint density at radius 3 is 2.30 bits per heavy atom. The highest BCUT2D eigenvalue weighted by Crippen LogP contribution is 2.22. The summed E-state index contributed by atoms with van der Waals surface area (Å²) in [6.45, 7) is 1.62. The smallest absolute Gasteiger partial charge is 0.377 e. The number of hydrogen-bond acceptors (Lipinski definition) is 5. The molecular formula is C18H14F3N5O4. The van der Waals surface area contributed by atoms with Gasteiger partial charge in [0, 0.05) is 6.54 Å². The minimum absolute atomic E-state index is 0.0600. The summed E-state index contributed by atoms with van der Waals surface area (Å²) in [5.41, 5.74) is -2.73. The molecule has 0 fully saturated rings. The monoisotopic (exact) mass is 421 g/mol. The van der Waals surface area contributed by atoms with Crippen molar-refractivity contribution in [3.05, 3.63) is 69.9 Å². The Morgan fingerprint density at radius 2 is 1.73 bits per heavy atom. The molecule has 0 radical (unpaired) electrons. The van der Waals surface area contributed by atoms with Crippen LogP contribution in [-0.2, 0) is 0 Å². The van der Waals surface area contributed by atoms with Crippen molar-refractivity contribution in [1.82, 2.24) is 19.8 Å². The normalized spacial score (nSPS) is 10.8. The Balaban J connectivity index is 2.05. The quantitative estimate of drug-likeness (QED) is 0.634. The van der Waals surface area contributed by atoms with Crippen LogP contribution in [0.3, 0.4) is 0 Å². The molecule has 0 unspecified atom stereocenters. The maximum atomic E-state index is 14.5. The maximum absolute atomic E-state index is 14.5. The maximum Gasteiger partial charge on any atom is 0.377 e. The van der Waals surface area contributed by atoms with Gasteiger partial charge in [0.1, 0.15) is 11.5 Å². The van der Waals surface area contributed by atoms with Gasteiger partial charge < -0.3 is 5.11 Å². The Morgan fingerprint density at radius 1 is 1.07 bits per heavy atom. The van der Waals surface area contributed by atoms with Crippen molar-refractivity contribution in [2.24, 2.45) is 0 Å². The lowest BCUT2D eigenvalue weighted by Crippen LogP contribution is -2.42. The minimum Gasteiger partial charge on any atom is -0.478 e. The number of carboxylic acids is 1. The van der Waals surface area contributed by atoms with Gasteiger partial charge in [-0.15, -0.1) is 4.68 Å². The van der Waals surface area contributed by atoms with E-state index in [2.05, 4.69) is 10.4 Å². The lowest BCUT2D eigenvalue weighted by Gasteiger charge is -2.21. The second kappa shape index (κ2) is 8.19. The Labute approximate surface area is 166 Å². The SMILES string of the molecule is CCCN(C(=O)n1nnn(-c2c(F)cccc2F)c1=O)c1ccc(C(=O)O)cc1F. The van der Waals surface area contributed by atoms with E-state index in [1.807, 2.05) is 0 Å². The first-order valence-electron chi connectivity index (χ1n) is 8.60. The van der Waals surface area contributed by atoms with Gasteiger partial charge in [-0.3, -0.25) is 4.90 Å². The standard InChI is InChI=1S/C18H14F3N5O4/c1-2-8-24(14-7-6-10(16(27)28)9-13(14)21)17(29)26-18(30)25(22-23-26)15-11(19)4-3-5-12(15)20/h3-7,9H,2,8H2,1H3,(H,27,28). The molecule has 30 heavy (non-hydrogen) atoms. The van der Waals surface area contributed by atoms with Gasteiger partial charge in [0.2, 0.25) is 0 Å². The van der Waals surface area contributed by atoms with Gasteiger partial charge in [-0.2, -0.15) is 4.68 Å². The molecule has 0 atom stereocenters. The first-order valence-corrected chi connectivity index (χ1v) is 8.60. The lowest BCUT2D eigenvalue weighted by atomic mass is 10.2. The molecule has 1 N–H and O–H groups in total. The Bertz CT molecular complexity index is 1170. The van der Waals surface area contributed by atoms with Gasteiger partial charge >= 0.3 is 17.7 Å². The number of nitrogens with zero attached hydrogens (tertiary/aromatic N) is 5. The number of carbonyl (C=O) groups excluding carboxylic acids is 1. The van der Waals surface area contributed by atoms with Crippen molar-refractivity contribution in [2.45, 2.75) is 13.3 Å². The first-order chi connectivity index (χ1) is 14.3. The highest BCUT2D eigenvalue weighted by atomic mass is 19.1. The van der Waals surface area contributed by atoms with E-state index in [-0.39, 0.29) is 27.2 Å². The number of amides is 1. The molecule has 156 valence electrons. The fourth-order valence-corrected chi connectivity index (χ4v) is 2.71. The second-order valence-corrected chi connectivity index (χ2v) is 6.06. The van der Waals surface area contributed by atoms with E-state index in [9.17, 15) is 27.6 Å². The van der Waals surface area contributed by atoms with Gasteiger partial charge in [-0.1, -0.05) is 13.0 Å². The lowest BCUT2D eigenvalue weighted by molar-refractivity contribution is 0.0696. The van der Waals surface area contributed by atoms with E-state index >= 15 is 0 Å². The molecule has 3 aromatic rings. The van der Waals surface area contributed by atoms with Crippen LogP contribution in [0.15, 0.2) is 41.2 Å². The molecule has 0 bridgehead atoms. The molecular weight excluding hydrogens is 407 g/mol. The predicted molar refractivity (Wildman–Crippen MR) is 97.3 cm³/mol. The zero-order valence-electron chi connectivity index (χ0n) is 15.4. The molecule has 1 heterocycles. The molecule has 2 aromatic carbocycles. The van der Waals surface area contributed by atoms with Crippen LogP contribution >= 0.6 is 0 Å². The molecule has 9 nitrogen and oxygen atoms in total. The zero-order valence-corrected chi connectivity index (χ0v) is 15.4. The van der Waals surface area contributed by atoms with Crippen LogP contribution in [-0.4, -0.2) is 43.4 Å². The summed E-state index contributed by atoms with van der Waals surface area (Å²) in [5, 5.41) is 15.6. The first kappa shape index (κ1) is 20.8. The second-order valence-electron chi connectivity index (χ2n) is 6.06. The van der Waals surface area contributed by atoms with E-state index in [1.54, 1.807) is 6.92 Å². The summed E-state index contributed by atoms with van der Waals surface area (Å²) in [6, 6.07) is 4.63. The molecule has 0 saturated heterocycles. The van der Waals surface area contributed by atoms with Crippen molar-refractivity contribution in [1.29, 1.82) is 0 Å². The average Bonchev–Trinajstić information content (AvgIpc) is 3.07. The molecule has 0 aliphatic heterocycles. The topological polar surface area (TPSA) is 110 Å². The molecule has 0 aliphatic carbocycles. The van der Waals surface area contributed by atoms with Crippen molar-refractivity contribution < 1.29 is 27.9 Å². The molecule has 0 aliphatic rings. The summed E-state index contributed by atoms with van der Waals surface area (Å²) in [7, 11) is 0. The Kier molecular flexibility index (Phi) is 5.67. The Hall–Kier alpha value is -3.96. The molecule has 1 aromatic heterocycles. The zero-order chi connectivity index (χ0) is 22.0. The molecule has 12 heteroatoms. The van der Waals surface area contributed by atoms with Crippen LogP contribution in [0.5, 0.6) is 0 Å². The minimum atomic E-state index is -1.36. The van der Waals surface area contributed by atoms with Gasteiger partial charge in [-0.05, 0) is 47.2 Å². The summed E-state index contributed by atoms with van der Waals surface area (Å²) in [6.07, 6.45) is 0.344. The van der Waals surface area contributed by atoms with Crippen LogP contribution in [0.2, 0.25) is 0 Å². The van der Waals surface area contributed by atoms with E-state index in [0.29, 0.717) is 6.42 Å². The number of aromatic carboxylic acids is 1. The summed E-state index contributed by atoms with van der Waals surface area (Å²) in [4.78, 5) is 37.2. The number of anilines is 1. The summed E-state index contributed by atoms with van der Waals surface area (Å²) >= 11 is 0. The van der Waals surface area contributed by atoms with Crippen LogP contribution < -0.4 is 10.6 Å². The van der Waals surface area contributed by atoms with Gasteiger partial charge in [0.25, 0.3) is 0 Å². The number of benzene rings is 2. The van der Waals surface area contributed by atoms with Crippen molar-refractivity contribution in [2.75, 3.05) is 11.4 Å². The number of rotatable bonds is 5. The summed E-state index contributed by atoms with van der Waals surface area (Å²) < 4.78 is 42.9. The number of hydrogen-bond donors (Lipinski definition) is 1. The van der Waals surface area contributed by atoms with Gasteiger partial charge in [0.15, 0.2) is 11.6 Å². The number of tetrazole rings is 1. The summed E-state index contributed by atoms with van der Waals surface area (Å²) in [5.74, 6) is -4.58. The van der Waals surface area contributed by atoms with Crippen LogP contribution in [0.25, 0.3) is 5.69 Å². The van der Waals surface area contributed by atoms with Crippen LogP contribution in [0.1, 0.15) is 23.7 Å². The highest BCUT2D eigenvalue weighted by molar-refractivity contribution is 5.94. The number of para-hydroxylation sites is 1. The molecule has 0 saturated carbocycles. The van der Waals surface area contributed by atoms with E-state index in [4.69, 9.17) is 5.11 Å². The third-order valence-corrected chi connectivity index (χ3v) is 4.08. The molecule has 1 amide bonds. The van der Waals surface area contributed by atoms with E-state index in [1.165, 1.54) is 0 Å². The predicted octanol–water partition coefficient (Wildman–Crippen LogP) is 2.43. The van der Waals surface area contributed by atoms with Crippen LogP contribution in [0, 0.1) is 17.5 Å². The highest BCUT2D eigenvalue weighted by Gasteiger charge is 2.26. The van der Waals surface area contributed by atoms with Gasteiger partial charge in [0.05, 0.1) is 11.3 Å². The van der Waals surface area contributed by atoms with Gasteiger partial charge in [-0.25, -0.2) is 27.6 Å². The average molecular weight is 421 g/mol. The largest absolute Gasteiger partial charge is 0.478 e. The van der Waals surface area contributed by atoms with E-state index in [0.717, 1.165) is 41.3 Å².